The highest BCUT2D eigenvalue weighted by Crippen LogP contribution is 2.19. The maximum absolute atomic E-state index is 12.0. The summed E-state index contributed by atoms with van der Waals surface area (Å²) in [5, 5.41) is 12.7. The number of hydrogen-bond acceptors (Lipinski definition) is 4. The lowest BCUT2D eigenvalue weighted by Crippen LogP contribution is -2.46. The molecule has 4 nitrogen and oxygen atoms in total. The molecule has 0 aliphatic heterocycles. The zero-order chi connectivity index (χ0) is 17.2. The van der Waals surface area contributed by atoms with Gasteiger partial charge in [-0.25, -0.2) is 4.79 Å². The Labute approximate surface area is 151 Å². The van der Waals surface area contributed by atoms with Crippen LogP contribution in [0.1, 0.15) is 5.56 Å². The van der Waals surface area contributed by atoms with Crippen molar-refractivity contribution in [1.82, 2.24) is 5.32 Å². The van der Waals surface area contributed by atoms with Crippen LogP contribution in [0.4, 0.5) is 4.79 Å². The van der Waals surface area contributed by atoms with Gasteiger partial charge in [-0.15, -0.1) is 23.4 Å². The molecule has 0 bridgehead atoms. The number of aliphatic hydroxyl groups is 1. The minimum atomic E-state index is -0.841. The zero-order valence-corrected chi connectivity index (χ0v) is 14.7. The maximum atomic E-state index is 12.0. The van der Waals surface area contributed by atoms with Crippen molar-refractivity contribution in [3.8, 4) is 0 Å². The molecule has 2 aromatic rings. The Hall–Kier alpha value is -1.69. The molecule has 0 radical (unpaired) electrons. The smallest absolute Gasteiger partial charge is 0.407 e. The normalized spacial score (nSPS) is 13.1. The Balaban J connectivity index is 1.84. The van der Waals surface area contributed by atoms with E-state index in [1.54, 1.807) is 0 Å². The first-order valence-corrected chi connectivity index (χ1v) is 9.10. The Bertz CT molecular complexity index is 612. The van der Waals surface area contributed by atoms with E-state index < -0.39 is 18.2 Å². The molecule has 0 spiro atoms. The predicted octanol–water partition coefficient (Wildman–Crippen LogP) is 3.67. The van der Waals surface area contributed by atoms with Crippen LogP contribution in [-0.4, -0.2) is 35.0 Å². The van der Waals surface area contributed by atoms with E-state index in [-0.39, 0.29) is 12.5 Å². The van der Waals surface area contributed by atoms with Gasteiger partial charge >= 0.3 is 6.09 Å². The number of hydrogen-bond donors (Lipinski definition) is 2. The second-order valence-electron chi connectivity index (χ2n) is 5.16. The molecule has 2 unspecified atom stereocenters. The molecule has 0 heterocycles. The highest BCUT2D eigenvalue weighted by molar-refractivity contribution is 7.99. The fourth-order valence-corrected chi connectivity index (χ4v) is 3.22. The molecule has 0 saturated heterocycles. The number of thioether (sulfide) groups is 1. The third-order valence-electron chi connectivity index (χ3n) is 3.31. The van der Waals surface area contributed by atoms with Crippen LogP contribution >= 0.6 is 23.4 Å². The van der Waals surface area contributed by atoms with E-state index in [0.29, 0.717) is 5.75 Å². The average molecular weight is 366 g/mol. The number of amides is 1. The molecule has 1 amide bonds. The molecule has 2 atom stereocenters. The van der Waals surface area contributed by atoms with Gasteiger partial charge in [0.15, 0.2) is 0 Å². The topological polar surface area (TPSA) is 58.6 Å². The molecular formula is C18H20ClNO3S. The van der Waals surface area contributed by atoms with E-state index in [1.165, 1.54) is 11.8 Å². The SMILES string of the molecule is O=C(NC(CSc1ccccc1)C(O)CCl)OCc1ccccc1. The summed E-state index contributed by atoms with van der Waals surface area (Å²) >= 11 is 7.27. The van der Waals surface area contributed by atoms with Crippen molar-refractivity contribution >= 4 is 29.5 Å². The molecule has 0 fully saturated rings. The van der Waals surface area contributed by atoms with Gasteiger partial charge < -0.3 is 15.2 Å². The highest BCUT2D eigenvalue weighted by atomic mass is 35.5. The van der Waals surface area contributed by atoms with Crippen LogP contribution in [0.5, 0.6) is 0 Å². The van der Waals surface area contributed by atoms with Crippen molar-refractivity contribution in [3.63, 3.8) is 0 Å². The average Bonchev–Trinajstić information content (AvgIpc) is 2.64. The van der Waals surface area contributed by atoms with Gasteiger partial charge in [-0.1, -0.05) is 48.5 Å². The number of aliphatic hydroxyl groups excluding tert-OH is 1. The number of halogens is 1. The third-order valence-corrected chi connectivity index (χ3v) is 4.76. The number of carbonyl (C=O) groups excluding carboxylic acids is 1. The molecule has 0 saturated carbocycles. The van der Waals surface area contributed by atoms with Gasteiger partial charge in [0.25, 0.3) is 0 Å². The molecule has 2 N–H and O–H groups in total. The monoisotopic (exact) mass is 365 g/mol. The van der Waals surface area contributed by atoms with Crippen LogP contribution in [0.15, 0.2) is 65.6 Å². The van der Waals surface area contributed by atoms with Crippen LogP contribution in [0.25, 0.3) is 0 Å². The number of alkyl carbamates (subject to hydrolysis) is 1. The number of nitrogens with one attached hydrogen (secondary N) is 1. The number of benzene rings is 2. The minimum absolute atomic E-state index is 0.0407. The Morgan fingerprint density at radius 1 is 1.12 bits per heavy atom. The van der Waals surface area contributed by atoms with Crippen molar-refractivity contribution in [2.24, 2.45) is 0 Å². The van der Waals surface area contributed by atoms with Crippen LogP contribution in [0.3, 0.4) is 0 Å². The summed E-state index contributed by atoms with van der Waals surface area (Å²) < 4.78 is 5.19. The fraction of sp³-hybridized carbons (Fsp3) is 0.278. The lowest BCUT2D eigenvalue weighted by Gasteiger charge is -2.22. The lowest BCUT2D eigenvalue weighted by atomic mass is 10.2. The summed E-state index contributed by atoms with van der Waals surface area (Å²) in [6.07, 6.45) is -1.41. The molecule has 2 aromatic carbocycles. The highest BCUT2D eigenvalue weighted by Gasteiger charge is 2.21. The molecular weight excluding hydrogens is 346 g/mol. The van der Waals surface area contributed by atoms with Crippen molar-refractivity contribution in [3.05, 3.63) is 66.2 Å². The van der Waals surface area contributed by atoms with Crippen molar-refractivity contribution in [2.45, 2.75) is 23.6 Å². The van der Waals surface area contributed by atoms with E-state index in [9.17, 15) is 9.90 Å². The number of ether oxygens (including phenoxy) is 1. The maximum Gasteiger partial charge on any atom is 0.407 e. The van der Waals surface area contributed by atoms with Gasteiger partial charge in [0, 0.05) is 10.6 Å². The van der Waals surface area contributed by atoms with Crippen LogP contribution < -0.4 is 5.32 Å². The molecule has 0 aromatic heterocycles. The van der Waals surface area contributed by atoms with Crippen LogP contribution in [-0.2, 0) is 11.3 Å². The van der Waals surface area contributed by atoms with Gasteiger partial charge in [0.1, 0.15) is 6.61 Å². The summed E-state index contributed by atoms with van der Waals surface area (Å²) in [5.74, 6) is 0.539. The largest absolute Gasteiger partial charge is 0.445 e. The summed E-state index contributed by atoms with van der Waals surface area (Å²) in [7, 11) is 0. The fourth-order valence-electron chi connectivity index (χ4n) is 1.98. The first-order valence-electron chi connectivity index (χ1n) is 7.58. The van der Waals surface area contributed by atoms with Gasteiger partial charge in [0.2, 0.25) is 0 Å². The van der Waals surface area contributed by atoms with Crippen LogP contribution in [0.2, 0.25) is 0 Å². The van der Waals surface area contributed by atoms with Crippen molar-refractivity contribution in [2.75, 3.05) is 11.6 Å². The molecule has 128 valence electrons. The van der Waals surface area contributed by atoms with Crippen LogP contribution in [0, 0.1) is 0 Å². The molecule has 6 heteroatoms. The van der Waals surface area contributed by atoms with E-state index >= 15 is 0 Å². The standard InChI is InChI=1S/C18H20ClNO3S/c19-11-17(21)16(13-24-15-9-5-2-6-10-15)20-18(22)23-12-14-7-3-1-4-8-14/h1-10,16-17,21H,11-13H2,(H,20,22). The van der Waals surface area contributed by atoms with Gasteiger partial charge in [-0.05, 0) is 17.7 Å². The second-order valence-corrected chi connectivity index (χ2v) is 6.56. The lowest BCUT2D eigenvalue weighted by molar-refractivity contribution is 0.115. The van der Waals surface area contributed by atoms with E-state index in [0.717, 1.165) is 10.5 Å². The Morgan fingerprint density at radius 2 is 1.75 bits per heavy atom. The predicted molar refractivity (Wildman–Crippen MR) is 97.4 cm³/mol. The van der Waals surface area contributed by atoms with Crippen molar-refractivity contribution < 1.29 is 14.6 Å². The molecule has 0 aliphatic carbocycles. The number of carbonyl (C=O) groups is 1. The summed E-state index contributed by atoms with van der Waals surface area (Å²) in [6, 6.07) is 18.7. The minimum Gasteiger partial charge on any atom is -0.445 e. The van der Waals surface area contributed by atoms with E-state index in [4.69, 9.17) is 16.3 Å². The second kappa shape index (κ2) is 10.2. The van der Waals surface area contributed by atoms with Gasteiger partial charge in [-0.3, -0.25) is 0 Å². The van der Waals surface area contributed by atoms with E-state index in [2.05, 4.69) is 5.32 Å². The van der Waals surface area contributed by atoms with Crippen molar-refractivity contribution in [1.29, 1.82) is 0 Å². The first kappa shape index (κ1) is 18.6. The molecule has 2 rings (SSSR count). The van der Waals surface area contributed by atoms with Gasteiger partial charge in [0.05, 0.1) is 18.0 Å². The summed E-state index contributed by atoms with van der Waals surface area (Å²) in [6.45, 7) is 0.183. The van der Waals surface area contributed by atoms with E-state index in [1.807, 2.05) is 60.7 Å². The Morgan fingerprint density at radius 3 is 2.38 bits per heavy atom. The summed E-state index contributed by atoms with van der Waals surface area (Å²) in [4.78, 5) is 13.0. The quantitative estimate of drug-likeness (QED) is 0.553. The number of alkyl halides is 1. The Kier molecular flexibility index (Phi) is 7.95. The molecule has 0 aliphatic rings. The molecule has 24 heavy (non-hydrogen) atoms. The number of rotatable bonds is 8. The first-order chi connectivity index (χ1) is 11.7. The third kappa shape index (κ3) is 6.43. The summed E-state index contributed by atoms with van der Waals surface area (Å²) in [5.41, 5.74) is 0.903. The zero-order valence-electron chi connectivity index (χ0n) is 13.1. The van der Waals surface area contributed by atoms with Gasteiger partial charge in [-0.2, -0.15) is 0 Å².